The lowest BCUT2D eigenvalue weighted by atomic mass is 10.1. The fourth-order valence-corrected chi connectivity index (χ4v) is 3.68. The highest BCUT2D eigenvalue weighted by atomic mass is 32.2. The molecule has 1 aromatic carbocycles. The van der Waals surface area contributed by atoms with Gasteiger partial charge < -0.3 is 15.2 Å². The maximum Gasteiger partial charge on any atom is 0.195 e. The molecular formula is C16H22N4O2S. The molecule has 0 amide bonds. The van der Waals surface area contributed by atoms with Crippen LogP contribution in [-0.2, 0) is 11.3 Å². The number of aromatic nitrogens is 3. The highest BCUT2D eigenvalue weighted by Crippen LogP contribution is 2.27. The third kappa shape index (κ3) is 3.85. The summed E-state index contributed by atoms with van der Waals surface area (Å²) >= 11 is 1.67. The Kier molecular flexibility index (Phi) is 5.53. The monoisotopic (exact) mass is 334 g/mol. The highest BCUT2D eigenvalue weighted by Gasteiger charge is 2.18. The molecule has 1 aliphatic heterocycles. The summed E-state index contributed by atoms with van der Waals surface area (Å²) in [6, 6.07) is 7.84. The molecule has 1 aliphatic rings. The lowest BCUT2D eigenvalue weighted by Gasteiger charge is -2.22. The van der Waals surface area contributed by atoms with Crippen molar-refractivity contribution < 1.29 is 9.47 Å². The standard InChI is InChI=1S/C16H22N4O2S/c1-21-13-7-4-5-12(9-13)20-15(10-17)18-19-16(20)23-11-14-6-2-3-8-22-14/h4-5,7,9,14H,2-3,6,8,10-11,17H2,1H3. The summed E-state index contributed by atoms with van der Waals surface area (Å²) in [4.78, 5) is 0. The minimum Gasteiger partial charge on any atom is -0.497 e. The van der Waals surface area contributed by atoms with Crippen LogP contribution in [0.4, 0.5) is 0 Å². The van der Waals surface area contributed by atoms with Gasteiger partial charge in [-0.1, -0.05) is 17.8 Å². The molecule has 1 aromatic heterocycles. The summed E-state index contributed by atoms with van der Waals surface area (Å²) in [7, 11) is 1.66. The average molecular weight is 334 g/mol. The van der Waals surface area contributed by atoms with Crippen molar-refractivity contribution >= 4 is 11.8 Å². The van der Waals surface area contributed by atoms with E-state index in [-0.39, 0.29) is 0 Å². The second-order valence-electron chi connectivity index (χ2n) is 5.44. The summed E-state index contributed by atoms with van der Waals surface area (Å²) in [5.41, 5.74) is 6.78. The predicted octanol–water partition coefficient (Wildman–Crippen LogP) is 2.40. The maximum absolute atomic E-state index is 5.82. The van der Waals surface area contributed by atoms with E-state index in [0.29, 0.717) is 12.6 Å². The van der Waals surface area contributed by atoms with Crippen LogP contribution >= 0.6 is 11.8 Å². The first-order valence-corrected chi connectivity index (χ1v) is 8.83. The van der Waals surface area contributed by atoms with Gasteiger partial charge in [0, 0.05) is 18.4 Å². The Labute approximate surface area is 140 Å². The van der Waals surface area contributed by atoms with Crippen molar-refractivity contribution in [3.63, 3.8) is 0 Å². The van der Waals surface area contributed by atoms with Crippen molar-refractivity contribution in [1.82, 2.24) is 14.8 Å². The molecule has 2 aromatic rings. The maximum atomic E-state index is 5.82. The van der Waals surface area contributed by atoms with Crippen LogP contribution in [0.3, 0.4) is 0 Å². The van der Waals surface area contributed by atoms with E-state index in [9.17, 15) is 0 Å². The largest absolute Gasteiger partial charge is 0.497 e. The Bertz CT molecular complexity index is 641. The van der Waals surface area contributed by atoms with Gasteiger partial charge >= 0.3 is 0 Å². The first-order valence-electron chi connectivity index (χ1n) is 7.85. The Morgan fingerprint density at radius 1 is 1.39 bits per heavy atom. The van der Waals surface area contributed by atoms with Gasteiger partial charge in [0.25, 0.3) is 0 Å². The van der Waals surface area contributed by atoms with Crippen molar-refractivity contribution in [3.05, 3.63) is 30.1 Å². The zero-order valence-electron chi connectivity index (χ0n) is 13.3. The van der Waals surface area contributed by atoms with Crippen molar-refractivity contribution in [2.45, 2.75) is 37.1 Å². The van der Waals surface area contributed by atoms with Gasteiger partial charge in [-0.15, -0.1) is 10.2 Å². The number of rotatable bonds is 6. The van der Waals surface area contributed by atoms with Crippen LogP contribution in [0, 0.1) is 0 Å². The van der Waals surface area contributed by atoms with Crippen molar-refractivity contribution in [3.8, 4) is 11.4 Å². The number of hydrogen-bond donors (Lipinski definition) is 1. The second kappa shape index (κ2) is 7.81. The SMILES string of the molecule is COc1cccc(-n2c(CN)nnc2SCC2CCCCO2)c1. The Morgan fingerprint density at radius 3 is 3.04 bits per heavy atom. The Morgan fingerprint density at radius 2 is 2.30 bits per heavy atom. The van der Waals surface area contributed by atoms with Gasteiger partial charge in [-0.2, -0.15) is 0 Å². The molecule has 1 unspecified atom stereocenters. The van der Waals surface area contributed by atoms with Crippen LogP contribution in [0.25, 0.3) is 5.69 Å². The van der Waals surface area contributed by atoms with Crippen LogP contribution in [0.5, 0.6) is 5.75 Å². The van der Waals surface area contributed by atoms with Crippen LogP contribution in [0.15, 0.2) is 29.4 Å². The molecule has 2 N–H and O–H groups in total. The fourth-order valence-electron chi connectivity index (χ4n) is 2.64. The molecule has 0 radical (unpaired) electrons. The van der Waals surface area contributed by atoms with Crippen molar-refractivity contribution in [2.24, 2.45) is 5.73 Å². The number of hydrogen-bond acceptors (Lipinski definition) is 6. The molecule has 0 spiro atoms. The van der Waals surface area contributed by atoms with Crippen LogP contribution in [0.1, 0.15) is 25.1 Å². The molecule has 1 saturated heterocycles. The van der Waals surface area contributed by atoms with Gasteiger partial charge in [0.05, 0.1) is 25.4 Å². The number of thioether (sulfide) groups is 1. The highest BCUT2D eigenvalue weighted by molar-refractivity contribution is 7.99. The normalized spacial score (nSPS) is 18.1. The zero-order chi connectivity index (χ0) is 16.1. The summed E-state index contributed by atoms with van der Waals surface area (Å²) in [5, 5.41) is 9.36. The van der Waals surface area contributed by atoms with E-state index in [1.165, 1.54) is 12.8 Å². The quantitative estimate of drug-likeness (QED) is 0.818. The van der Waals surface area contributed by atoms with Gasteiger partial charge in [-0.05, 0) is 31.4 Å². The van der Waals surface area contributed by atoms with Crippen molar-refractivity contribution in [1.29, 1.82) is 0 Å². The number of nitrogens with two attached hydrogens (primary N) is 1. The molecule has 7 heteroatoms. The summed E-state index contributed by atoms with van der Waals surface area (Å²) in [5.74, 6) is 2.42. The lowest BCUT2D eigenvalue weighted by molar-refractivity contribution is 0.0315. The molecule has 0 saturated carbocycles. The van der Waals surface area contributed by atoms with E-state index < -0.39 is 0 Å². The number of nitrogens with zero attached hydrogens (tertiary/aromatic N) is 3. The molecule has 124 valence electrons. The fraction of sp³-hybridized carbons (Fsp3) is 0.500. The number of ether oxygens (including phenoxy) is 2. The first kappa shape index (κ1) is 16.3. The second-order valence-corrected chi connectivity index (χ2v) is 6.43. The van der Waals surface area contributed by atoms with Gasteiger partial charge in [-0.25, -0.2) is 0 Å². The molecule has 2 heterocycles. The minimum atomic E-state index is 0.297. The molecule has 0 aliphatic carbocycles. The van der Waals surface area contributed by atoms with E-state index in [2.05, 4.69) is 10.2 Å². The molecular weight excluding hydrogens is 312 g/mol. The summed E-state index contributed by atoms with van der Waals surface area (Å²) in [6.45, 7) is 1.20. The topological polar surface area (TPSA) is 75.2 Å². The third-order valence-corrected chi connectivity index (χ3v) is 4.93. The molecule has 0 bridgehead atoms. The molecule has 1 fully saturated rings. The average Bonchev–Trinajstić information content (AvgIpc) is 3.04. The Hall–Kier alpha value is -1.57. The smallest absolute Gasteiger partial charge is 0.195 e. The summed E-state index contributed by atoms with van der Waals surface area (Å²) < 4.78 is 13.1. The van der Waals surface area contributed by atoms with E-state index >= 15 is 0 Å². The van der Waals surface area contributed by atoms with E-state index in [0.717, 1.165) is 41.2 Å². The zero-order valence-corrected chi connectivity index (χ0v) is 14.1. The number of benzene rings is 1. The van der Waals surface area contributed by atoms with Gasteiger partial charge in [0.1, 0.15) is 5.75 Å². The van der Waals surface area contributed by atoms with E-state index in [4.69, 9.17) is 15.2 Å². The first-order chi connectivity index (χ1) is 11.3. The van der Waals surface area contributed by atoms with Crippen molar-refractivity contribution in [2.75, 3.05) is 19.5 Å². The predicted molar refractivity (Wildman–Crippen MR) is 90.1 cm³/mol. The molecule has 23 heavy (non-hydrogen) atoms. The molecule has 1 atom stereocenters. The minimum absolute atomic E-state index is 0.297. The van der Waals surface area contributed by atoms with Gasteiger partial charge in [0.15, 0.2) is 11.0 Å². The van der Waals surface area contributed by atoms with E-state index in [1.807, 2.05) is 28.8 Å². The van der Waals surface area contributed by atoms with Crippen LogP contribution in [-0.4, -0.2) is 40.3 Å². The Balaban J connectivity index is 1.81. The lowest BCUT2D eigenvalue weighted by Crippen LogP contribution is -2.21. The molecule has 6 nitrogen and oxygen atoms in total. The molecule has 3 rings (SSSR count). The van der Waals surface area contributed by atoms with E-state index in [1.54, 1.807) is 18.9 Å². The third-order valence-electron chi connectivity index (χ3n) is 3.87. The van der Waals surface area contributed by atoms with Gasteiger partial charge in [0.2, 0.25) is 0 Å². The van der Waals surface area contributed by atoms with Crippen LogP contribution < -0.4 is 10.5 Å². The number of methoxy groups -OCH3 is 1. The van der Waals surface area contributed by atoms with Gasteiger partial charge in [-0.3, -0.25) is 4.57 Å². The van der Waals surface area contributed by atoms with Crippen LogP contribution in [0.2, 0.25) is 0 Å². The summed E-state index contributed by atoms with van der Waals surface area (Å²) in [6.07, 6.45) is 3.82.